The summed E-state index contributed by atoms with van der Waals surface area (Å²) in [5.74, 6) is 2.59. The molecular weight excluding hydrogens is 587 g/mol. The van der Waals surface area contributed by atoms with Gasteiger partial charge in [0.2, 0.25) is 0 Å². The first-order valence-electron chi connectivity index (χ1n) is 15.7. The minimum Gasteiger partial charge on any atom is -0.456 e. The summed E-state index contributed by atoms with van der Waals surface area (Å²) >= 11 is 0. The van der Waals surface area contributed by atoms with Gasteiger partial charge in [0.05, 0.1) is 5.52 Å². The van der Waals surface area contributed by atoms with E-state index in [-0.39, 0.29) is 5.92 Å². The third kappa shape index (κ3) is 3.85. The van der Waals surface area contributed by atoms with E-state index in [1.54, 1.807) is 0 Å². The van der Waals surface area contributed by atoms with Gasteiger partial charge in [-0.3, -0.25) is 0 Å². The molecule has 5 nitrogen and oxygen atoms in total. The van der Waals surface area contributed by atoms with Crippen LogP contribution >= 0.6 is 7.14 Å². The fraction of sp³-hybridized carbons (Fsp3) is 0.100. The fourth-order valence-corrected chi connectivity index (χ4v) is 10.8. The molecule has 1 aliphatic carbocycles. The van der Waals surface area contributed by atoms with Crippen LogP contribution in [0.1, 0.15) is 18.9 Å². The zero-order valence-corrected chi connectivity index (χ0v) is 26.4. The van der Waals surface area contributed by atoms with Crippen molar-refractivity contribution >= 4 is 40.2 Å². The number of para-hydroxylation sites is 4. The molecule has 224 valence electrons. The Morgan fingerprint density at radius 1 is 0.761 bits per heavy atom. The number of rotatable bonds is 4. The third-order valence-electron chi connectivity index (χ3n) is 9.28. The summed E-state index contributed by atoms with van der Waals surface area (Å²) in [5.41, 5.74) is 6.83. The number of allylic oxidation sites excluding steroid dienone is 3. The number of anilines is 2. The molecule has 46 heavy (non-hydrogen) atoms. The highest BCUT2D eigenvalue weighted by Crippen LogP contribution is 2.67. The van der Waals surface area contributed by atoms with Crippen molar-refractivity contribution in [2.75, 3.05) is 4.90 Å². The highest BCUT2D eigenvalue weighted by Gasteiger charge is 2.52. The summed E-state index contributed by atoms with van der Waals surface area (Å²) in [6, 6.07) is 43.2. The molecule has 1 aromatic heterocycles. The van der Waals surface area contributed by atoms with Gasteiger partial charge in [0.1, 0.15) is 28.0 Å². The molecule has 0 spiro atoms. The highest BCUT2D eigenvalue weighted by molar-refractivity contribution is 7.83. The topological polar surface area (TPSA) is 43.7 Å². The first-order valence-corrected chi connectivity index (χ1v) is 17.4. The second-order valence-electron chi connectivity index (χ2n) is 12.3. The minimum absolute atomic E-state index is 0.0462. The predicted octanol–water partition coefficient (Wildman–Crippen LogP) is 9.72. The maximum atomic E-state index is 16.4. The Morgan fingerprint density at radius 3 is 2.02 bits per heavy atom. The molecule has 2 aliphatic heterocycles. The second kappa shape index (κ2) is 10.1. The molecule has 5 aromatic carbocycles. The van der Waals surface area contributed by atoms with E-state index in [0.29, 0.717) is 40.2 Å². The minimum atomic E-state index is -3.46. The van der Waals surface area contributed by atoms with Crippen LogP contribution in [0.3, 0.4) is 0 Å². The Bertz CT molecular complexity index is 2250. The van der Waals surface area contributed by atoms with Crippen molar-refractivity contribution in [1.82, 2.24) is 4.57 Å². The number of nitrogens with zero attached hydrogens (tertiary/aromatic N) is 2. The van der Waals surface area contributed by atoms with Crippen LogP contribution in [0.5, 0.6) is 17.2 Å². The number of aryl methyl sites for hydroxylation is 1. The lowest BCUT2D eigenvalue weighted by atomic mass is 9.95. The van der Waals surface area contributed by atoms with E-state index in [4.69, 9.17) is 9.47 Å². The smallest absolute Gasteiger partial charge is 0.197 e. The lowest BCUT2D eigenvalue weighted by molar-refractivity contribution is 0.417. The molecule has 9 rings (SSSR count). The maximum Gasteiger partial charge on any atom is 0.197 e. The van der Waals surface area contributed by atoms with Crippen LogP contribution in [0, 0.1) is 12.8 Å². The van der Waals surface area contributed by atoms with Crippen molar-refractivity contribution in [3.05, 3.63) is 156 Å². The van der Waals surface area contributed by atoms with Gasteiger partial charge in [-0.25, -0.2) is 0 Å². The van der Waals surface area contributed by atoms with Crippen molar-refractivity contribution in [3.8, 4) is 22.9 Å². The van der Waals surface area contributed by atoms with Gasteiger partial charge in [-0.2, -0.15) is 0 Å². The largest absolute Gasteiger partial charge is 0.456 e. The first-order chi connectivity index (χ1) is 22.5. The Labute approximate surface area is 268 Å². The van der Waals surface area contributed by atoms with Crippen LogP contribution in [0.25, 0.3) is 16.6 Å². The molecular formula is C40H31N2O3P. The molecule has 0 fully saturated rings. The maximum absolute atomic E-state index is 16.4. The molecule has 0 bridgehead atoms. The van der Waals surface area contributed by atoms with Crippen LogP contribution in [0.4, 0.5) is 11.4 Å². The Hall–Kier alpha value is -5.25. The fourth-order valence-electron chi connectivity index (χ4n) is 7.31. The molecule has 3 aliphatic rings. The quantitative estimate of drug-likeness (QED) is 0.185. The number of hydrogen-bond donors (Lipinski definition) is 0. The van der Waals surface area contributed by atoms with E-state index >= 15 is 4.57 Å². The van der Waals surface area contributed by atoms with Crippen LogP contribution in [-0.2, 0) is 4.57 Å². The zero-order chi connectivity index (χ0) is 31.0. The molecule has 6 aromatic rings. The molecule has 0 saturated heterocycles. The van der Waals surface area contributed by atoms with Crippen molar-refractivity contribution < 1.29 is 14.0 Å². The number of aromatic nitrogens is 1. The van der Waals surface area contributed by atoms with E-state index in [0.717, 1.165) is 44.5 Å². The summed E-state index contributed by atoms with van der Waals surface area (Å²) in [6.07, 6.45) is 2.70. The molecule has 0 radical (unpaired) electrons. The lowest BCUT2D eigenvalue weighted by Gasteiger charge is -2.40. The Morgan fingerprint density at radius 2 is 1.35 bits per heavy atom. The number of benzene rings is 5. The van der Waals surface area contributed by atoms with Crippen molar-refractivity contribution in [1.29, 1.82) is 0 Å². The molecule has 2 unspecified atom stereocenters. The van der Waals surface area contributed by atoms with Crippen molar-refractivity contribution in [3.63, 3.8) is 0 Å². The molecule has 6 heteroatoms. The van der Waals surface area contributed by atoms with E-state index < -0.39 is 7.14 Å². The Kier molecular flexibility index (Phi) is 5.97. The zero-order valence-electron chi connectivity index (χ0n) is 25.6. The second-order valence-corrected chi connectivity index (χ2v) is 14.9. The Balaban J connectivity index is 1.34. The van der Waals surface area contributed by atoms with Crippen LogP contribution in [-0.4, -0.2) is 4.57 Å². The summed E-state index contributed by atoms with van der Waals surface area (Å²) < 4.78 is 32.1. The molecule has 0 N–H and O–H groups in total. The van der Waals surface area contributed by atoms with Crippen molar-refractivity contribution in [2.45, 2.75) is 20.3 Å². The average molecular weight is 619 g/mol. The summed E-state index contributed by atoms with van der Waals surface area (Å²) in [4.78, 5) is 2.29. The van der Waals surface area contributed by atoms with Gasteiger partial charge in [-0.05, 0) is 79.6 Å². The van der Waals surface area contributed by atoms with Gasteiger partial charge in [0, 0.05) is 45.5 Å². The van der Waals surface area contributed by atoms with E-state index in [1.165, 1.54) is 0 Å². The lowest BCUT2D eigenvalue weighted by Crippen LogP contribution is -2.35. The van der Waals surface area contributed by atoms with Crippen molar-refractivity contribution in [2.24, 2.45) is 5.92 Å². The molecule has 3 heterocycles. The summed E-state index contributed by atoms with van der Waals surface area (Å²) in [6.45, 7) is 4.25. The first kappa shape index (κ1) is 27.1. The number of fused-ring (bicyclic) bond motifs is 5. The summed E-state index contributed by atoms with van der Waals surface area (Å²) in [5, 5.41) is 2.45. The predicted molar refractivity (Wildman–Crippen MR) is 186 cm³/mol. The average Bonchev–Trinajstić information content (AvgIpc) is 3.42. The normalized spacial score (nSPS) is 19.3. The van der Waals surface area contributed by atoms with Crippen LogP contribution < -0.4 is 25.1 Å². The van der Waals surface area contributed by atoms with Gasteiger partial charge in [-0.1, -0.05) is 73.7 Å². The van der Waals surface area contributed by atoms with Crippen LogP contribution in [0.2, 0.25) is 0 Å². The van der Waals surface area contributed by atoms with Gasteiger partial charge in [0.15, 0.2) is 12.9 Å². The highest BCUT2D eigenvalue weighted by atomic mass is 31.2. The molecule has 0 amide bonds. The summed E-state index contributed by atoms with van der Waals surface area (Å²) in [7, 11) is -3.46. The molecule has 2 atom stereocenters. The van der Waals surface area contributed by atoms with E-state index in [1.807, 2.05) is 61.5 Å². The SMILES string of the molecule is Cc1cc2c3c(c1)Oc1c(n(-c4ccccc4)c4ccccc14)P3(=O)C1=C(C=C(N(c3ccccc3)c3ccccc3)C(C)C1)O2. The van der Waals surface area contributed by atoms with E-state index in [9.17, 15) is 0 Å². The van der Waals surface area contributed by atoms with Gasteiger partial charge in [-0.15, -0.1) is 0 Å². The number of ether oxygens (including phenoxy) is 2. The van der Waals surface area contributed by atoms with E-state index in [2.05, 4.69) is 95.3 Å². The third-order valence-corrected chi connectivity index (χ3v) is 12.5. The van der Waals surface area contributed by atoms with Gasteiger partial charge < -0.3 is 23.5 Å². The van der Waals surface area contributed by atoms with Gasteiger partial charge >= 0.3 is 0 Å². The standard InChI is InChI=1S/C40H31N2O3P/c1-26-22-35-39-36(23-26)45-38-31-20-12-13-21-32(31)42(30-18-10-5-11-19-30)40(38)46(39,43)37-24-27(2)33(25-34(37)44-35)41(28-14-6-3-7-15-28)29-16-8-4-9-17-29/h3-23,25,27H,24H2,1-2H3. The number of hydrogen-bond acceptors (Lipinski definition) is 4. The molecule has 0 saturated carbocycles. The van der Waals surface area contributed by atoms with Gasteiger partial charge in [0.25, 0.3) is 0 Å². The van der Waals surface area contributed by atoms with Crippen LogP contribution in [0.15, 0.2) is 150 Å². The monoisotopic (exact) mass is 618 g/mol.